The average Bonchev–Trinajstić information content (AvgIpc) is 2.30. The number of anilines is 1. The Morgan fingerprint density at radius 1 is 1.56 bits per heavy atom. The van der Waals surface area contributed by atoms with Crippen LogP contribution in [0.15, 0.2) is 24.4 Å². The number of pyridine rings is 1. The van der Waals surface area contributed by atoms with Crippen molar-refractivity contribution in [2.24, 2.45) is 0 Å². The summed E-state index contributed by atoms with van der Waals surface area (Å²) in [7, 11) is 2.13. The highest BCUT2D eigenvalue weighted by molar-refractivity contribution is 5.34. The summed E-state index contributed by atoms with van der Waals surface area (Å²) in [6.07, 6.45) is 2.03. The molecule has 1 N–H and O–H groups in total. The van der Waals surface area contributed by atoms with Crippen LogP contribution in [-0.4, -0.2) is 48.8 Å². The Balaban J connectivity index is 1.90. The van der Waals surface area contributed by atoms with Crippen LogP contribution in [0.25, 0.3) is 0 Å². The molecule has 1 aromatic heterocycles. The molecular formula is C12H19N3O. The van der Waals surface area contributed by atoms with E-state index in [0.717, 1.165) is 25.5 Å². The fraction of sp³-hybridized carbons (Fsp3) is 0.583. The van der Waals surface area contributed by atoms with E-state index in [0.29, 0.717) is 0 Å². The van der Waals surface area contributed by atoms with Gasteiger partial charge in [0.1, 0.15) is 5.82 Å². The van der Waals surface area contributed by atoms with Crippen molar-refractivity contribution in [3.05, 3.63) is 24.4 Å². The molecule has 4 nitrogen and oxygen atoms in total. The third-order valence-electron chi connectivity index (χ3n) is 2.89. The van der Waals surface area contributed by atoms with Crippen molar-refractivity contribution in [1.82, 2.24) is 9.88 Å². The van der Waals surface area contributed by atoms with E-state index >= 15 is 0 Å². The zero-order valence-corrected chi connectivity index (χ0v) is 9.89. The standard InChI is InChI=1S/C12H19N3O/c1-10(11-9-15(2)7-8-16-11)14-12-5-3-4-6-13-12/h3-6,10-11H,7-9H2,1-2H3,(H,13,14). The van der Waals surface area contributed by atoms with Gasteiger partial charge in [-0.15, -0.1) is 0 Å². The molecule has 2 atom stereocenters. The van der Waals surface area contributed by atoms with Gasteiger partial charge in [-0.1, -0.05) is 6.07 Å². The molecule has 2 heterocycles. The van der Waals surface area contributed by atoms with Gasteiger partial charge in [0.2, 0.25) is 0 Å². The van der Waals surface area contributed by atoms with Gasteiger partial charge in [0.05, 0.1) is 18.8 Å². The third-order valence-corrected chi connectivity index (χ3v) is 2.89. The number of nitrogens with one attached hydrogen (secondary N) is 1. The van der Waals surface area contributed by atoms with Crippen molar-refractivity contribution in [2.75, 3.05) is 32.1 Å². The average molecular weight is 221 g/mol. The normalized spacial score (nSPS) is 24.0. The summed E-state index contributed by atoms with van der Waals surface area (Å²) in [4.78, 5) is 6.55. The highest BCUT2D eigenvalue weighted by Gasteiger charge is 2.23. The van der Waals surface area contributed by atoms with Crippen LogP contribution in [0.4, 0.5) is 5.82 Å². The van der Waals surface area contributed by atoms with Crippen molar-refractivity contribution < 1.29 is 4.74 Å². The first-order chi connectivity index (χ1) is 7.75. The molecule has 1 aromatic rings. The Labute approximate surface area is 96.6 Å². The minimum Gasteiger partial charge on any atom is -0.373 e. The van der Waals surface area contributed by atoms with Crippen molar-refractivity contribution in [3.8, 4) is 0 Å². The number of rotatable bonds is 3. The van der Waals surface area contributed by atoms with E-state index in [1.165, 1.54) is 0 Å². The van der Waals surface area contributed by atoms with E-state index in [1.807, 2.05) is 18.2 Å². The minimum absolute atomic E-state index is 0.237. The first-order valence-electron chi connectivity index (χ1n) is 5.73. The lowest BCUT2D eigenvalue weighted by atomic mass is 10.1. The zero-order chi connectivity index (χ0) is 11.4. The van der Waals surface area contributed by atoms with Gasteiger partial charge < -0.3 is 15.0 Å². The molecule has 0 amide bonds. The largest absolute Gasteiger partial charge is 0.373 e. The van der Waals surface area contributed by atoms with Gasteiger partial charge in [-0.05, 0) is 26.1 Å². The van der Waals surface area contributed by atoms with E-state index in [-0.39, 0.29) is 12.1 Å². The summed E-state index contributed by atoms with van der Waals surface area (Å²) in [6.45, 7) is 4.95. The van der Waals surface area contributed by atoms with Gasteiger partial charge in [0.25, 0.3) is 0 Å². The Hall–Kier alpha value is -1.13. The van der Waals surface area contributed by atoms with Crippen molar-refractivity contribution >= 4 is 5.82 Å². The van der Waals surface area contributed by atoms with Gasteiger partial charge in [-0.2, -0.15) is 0 Å². The monoisotopic (exact) mass is 221 g/mol. The molecule has 1 fully saturated rings. The van der Waals surface area contributed by atoms with Crippen LogP contribution in [0.2, 0.25) is 0 Å². The van der Waals surface area contributed by atoms with Gasteiger partial charge in [0, 0.05) is 19.3 Å². The van der Waals surface area contributed by atoms with Crippen LogP contribution in [0, 0.1) is 0 Å². The number of nitrogens with zero attached hydrogens (tertiary/aromatic N) is 2. The lowest BCUT2D eigenvalue weighted by molar-refractivity contribution is -0.0259. The lowest BCUT2D eigenvalue weighted by Gasteiger charge is -2.34. The maximum absolute atomic E-state index is 5.75. The molecule has 0 spiro atoms. The number of hydrogen-bond acceptors (Lipinski definition) is 4. The van der Waals surface area contributed by atoms with Crippen molar-refractivity contribution in [2.45, 2.75) is 19.1 Å². The molecule has 1 aliphatic rings. The second-order valence-electron chi connectivity index (χ2n) is 4.32. The van der Waals surface area contributed by atoms with Gasteiger partial charge in [-0.3, -0.25) is 0 Å². The molecule has 1 aliphatic heterocycles. The zero-order valence-electron chi connectivity index (χ0n) is 9.89. The van der Waals surface area contributed by atoms with Gasteiger partial charge in [-0.25, -0.2) is 4.98 Å². The quantitative estimate of drug-likeness (QED) is 0.832. The van der Waals surface area contributed by atoms with Crippen molar-refractivity contribution in [1.29, 1.82) is 0 Å². The third kappa shape index (κ3) is 2.93. The molecule has 88 valence electrons. The molecule has 1 saturated heterocycles. The minimum atomic E-state index is 0.237. The van der Waals surface area contributed by atoms with Crippen molar-refractivity contribution in [3.63, 3.8) is 0 Å². The van der Waals surface area contributed by atoms with Gasteiger partial charge >= 0.3 is 0 Å². The predicted octanol–water partition coefficient (Wildman–Crippen LogP) is 1.21. The van der Waals surface area contributed by atoms with E-state index in [9.17, 15) is 0 Å². The van der Waals surface area contributed by atoms with Crippen LogP contribution in [-0.2, 0) is 4.74 Å². The van der Waals surface area contributed by atoms with E-state index < -0.39 is 0 Å². The fourth-order valence-corrected chi connectivity index (χ4v) is 1.89. The van der Waals surface area contributed by atoms with E-state index in [1.54, 1.807) is 6.20 Å². The molecule has 4 heteroatoms. The Kier molecular flexibility index (Phi) is 3.74. The first-order valence-corrected chi connectivity index (χ1v) is 5.73. The molecule has 0 aromatic carbocycles. The highest BCUT2D eigenvalue weighted by Crippen LogP contribution is 2.11. The summed E-state index contributed by atoms with van der Waals surface area (Å²) in [5.74, 6) is 0.909. The summed E-state index contributed by atoms with van der Waals surface area (Å²) >= 11 is 0. The molecule has 16 heavy (non-hydrogen) atoms. The molecular weight excluding hydrogens is 202 g/mol. The molecule has 2 unspecified atom stereocenters. The highest BCUT2D eigenvalue weighted by atomic mass is 16.5. The van der Waals surface area contributed by atoms with Crippen LogP contribution in [0.3, 0.4) is 0 Å². The van der Waals surface area contributed by atoms with Gasteiger partial charge in [0.15, 0.2) is 0 Å². The topological polar surface area (TPSA) is 37.4 Å². The number of hydrogen-bond donors (Lipinski definition) is 1. The summed E-state index contributed by atoms with van der Waals surface area (Å²) in [5.41, 5.74) is 0. The smallest absolute Gasteiger partial charge is 0.126 e. The maximum Gasteiger partial charge on any atom is 0.126 e. The van der Waals surface area contributed by atoms with Crippen LogP contribution in [0.1, 0.15) is 6.92 Å². The Morgan fingerprint density at radius 3 is 3.12 bits per heavy atom. The summed E-state index contributed by atoms with van der Waals surface area (Å²) < 4.78 is 5.75. The Morgan fingerprint density at radius 2 is 2.44 bits per heavy atom. The second-order valence-corrected chi connectivity index (χ2v) is 4.32. The number of morpholine rings is 1. The van der Waals surface area contributed by atoms with E-state index in [2.05, 4.69) is 29.2 Å². The second kappa shape index (κ2) is 5.27. The SMILES string of the molecule is CC(Nc1ccccn1)C1CN(C)CCO1. The fourth-order valence-electron chi connectivity index (χ4n) is 1.89. The van der Waals surface area contributed by atoms with Crippen LogP contribution >= 0.6 is 0 Å². The molecule has 0 radical (unpaired) electrons. The summed E-state index contributed by atoms with van der Waals surface area (Å²) in [6, 6.07) is 6.15. The first kappa shape index (κ1) is 11.4. The van der Waals surface area contributed by atoms with E-state index in [4.69, 9.17) is 4.74 Å². The summed E-state index contributed by atoms with van der Waals surface area (Å²) in [5, 5.41) is 3.37. The van der Waals surface area contributed by atoms with Crippen LogP contribution < -0.4 is 5.32 Å². The number of likely N-dealkylation sites (N-methyl/N-ethyl adjacent to an activating group) is 1. The maximum atomic E-state index is 5.75. The molecule has 2 rings (SSSR count). The molecule has 0 saturated carbocycles. The molecule has 0 bridgehead atoms. The molecule has 0 aliphatic carbocycles. The Bertz CT molecular complexity index is 317. The lowest BCUT2D eigenvalue weighted by Crippen LogP contribution is -2.47. The number of aromatic nitrogens is 1. The predicted molar refractivity (Wildman–Crippen MR) is 64.6 cm³/mol. The van der Waals surface area contributed by atoms with Crippen LogP contribution in [0.5, 0.6) is 0 Å². The number of ether oxygens (including phenoxy) is 1.